The molecule has 0 amide bonds. The predicted octanol–water partition coefficient (Wildman–Crippen LogP) is 21.4. The molecule has 0 nitrogen and oxygen atoms in total. The molecular formula is H39P37. The first-order valence-corrected chi connectivity index (χ1v) is 75.2. The molecule has 0 rings (SSSR count). The van der Waals surface area contributed by atoms with Gasteiger partial charge in [-0.05, 0) is 127 Å². The summed E-state index contributed by atoms with van der Waals surface area (Å²) in [7, 11) is 64.5. The van der Waals surface area contributed by atoms with Gasteiger partial charge in [0, 0.05) is 0 Å². The van der Waals surface area contributed by atoms with E-state index in [1.807, 2.05) is 0 Å². The van der Waals surface area contributed by atoms with Crippen LogP contribution in [-0.2, 0) is 0 Å². The molecule has 23 unspecified atom stereocenters. The van der Waals surface area contributed by atoms with Gasteiger partial charge in [0.2, 0.25) is 0 Å². The Labute approximate surface area is 292 Å². The van der Waals surface area contributed by atoms with Crippen LogP contribution in [0.3, 0.4) is 0 Å². The van der Waals surface area contributed by atoms with E-state index in [2.05, 4.69) is 170 Å². The molecule has 0 aromatic carbocycles. The van der Waals surface area contributed by atoms with Crippen molar-refractivity contribution in [3.63, 3.8) is 0 Å². The van der Waals surface area contributed by atoms with Crippen molar-refractivity contribution in [2.45, 2.75) is 0 Å². The monoisotopic (exact) mass is 1190 g/mol. The van der Waals surface area contributed by atoms with Crippen molar-refractivity contribution in [2.24, 2.45) is 0 Å². The minimum atomic E-state index is -0.0792. The average molecular weight is 1190 g/mol. The number of hydrogen-bond acceptors (Lipinski definition) is 0. The summed E-state index contributed by atoms with van der Waals surface area (Å²) in [4.78, 5) is 0. The Morgan fingerprint density at radius 2 is 0.459 bits per heavy atom. The Hall–Kier alpha value is 15.9. The van der Waals surface area contributed by atoms with Crippen LogP contribution >= 0.6 is 296 Å². The highest BCUT2D eigenvalue weighted by molar-refractivity contribution is 9.42. The molecule has 0 aliphatic rings. The van der Waals surface area contributed by atoms with Gasteiger partial charge in [0.1, 0.15) is 0 Å². The first-order valence-electron chi connectivity index (χ1n) is 8.35. The van der Waals surface area contributed by atoms with Crippen LogP contribution in [0.1, 0.15) is 0 Å². The van der Waals surface area contributed by atoms with E-state index in [9.17, 15) is 0 Å². The van der Waals surface area contributed by atoms with Gasteiger partial charge in [-0.25, -0.2) is 0 Å². The maximum Gasteiger partial charge on any atom is -0.00213 e. The summed E-state index contributed by atoms with van der Waals surface area (Å²) in [5.41, 5.74) is 0. The molecule has 23 atom stereocenters. The van der Waals surface area contributed by atoms with Gasteiger partial charge in [-0.2, -0.15) is 0 Å². The summed E-state index contributed by atoms with van der Waals surface area (Å²) in [6.45, 7) is -0.505. The quantitative estimate of drug-likeness (QED) is 0.127. The van der Waals surface area contributed by atoms with Gasteiger partial charge in [-0.3, -0.25) is 0 Å². The predicted molar refractivity (Wildman–Crippen MR) is 310 cm³/mol. The van der Waals surface area contributed by atoms with Gasteiger partial charge in [-0.15, -0.1) is 170 Å². The lowest BCUT2D eigenvalue weighted by Crippen LogP contribution is -1.62. The average Bonchev–Trinajstić information content (AvgIpc) is 2.68. The molecule has 0 heterocycles. The zero-order valence-electron chi connectivity index (χ0n) is 19.1. The second kappa shape index (κ2) is 29.2. The van der Waals surface area contributed by atoms with Gasteiger partial charge in [0.15, 0.2) is 0 Å². The van der Waals surface area contributed by atoms with Gasteiger partial charge >= 0.3 is 0 Å². The molecule has 0 saturated carbocycles. The van der Waals surface area contributed by atoms with E-state index >= 15 is 0 Å². The molecule has 0 fully saturated rings. The third kappa shape index (κ3) is 20.2. The molecule has 0 bridgehead atoms. The third-order valence-electron chi connectivity index (χ3n) is 3.09. The van der Waals surface area contributed by atoms with Crippen LogP contribution in [0.5, 0.6) is 0 Å². The number of rotatable bonds is 17. The van der Waals surface area contributed by atoms with Crippen molar-refractivity contribution < 1.29 is 0 Å². The minimum absolute atomic E-state index is 0.0136. The van der Waals surface area contributed by atoms with Gasteiger partial charge < -0.3 is 0 Å². The summed E-state index contributed by atoms with van der Waals surface area (Å²) in [6, 6.07) is 0. The van der Waals surface area contributed by atoms with Gasteiger partial charge in [0.05, 0.1) is 0 Å². The molecule has 0 saturated heterocycles. The van der Waals surface area contributed by atoms with Crippen LogP contribution in [0.2, 0.25) is 0 Å². The van der Waals surface area contributed by atoms with Crippen LogP contribution in [-0.4, -0.2) is 0 Å². The number of hydrogen-bond donors (Lipinski definition) is 0. The summed E-state index contributed by atoms with van der Waals surface area (Å²) in [5, 5.41) is 0. The molecule has 0 aliphatic heterocycles. The molecule has 0 spiro atoms. The highest BCUT2D eigenvalue weighted by atomic mass is 33.5. The molecule has 37 heteroatoms. The Bertz CT molecular complexity index is 523. The van der Waals surface area contributed by atoms with Crippen molar-refractivity contribution in [1.29, 1.82) is 0 Å². The fourth-order valence-electron chi connectivity index (χ4n) is 1.97. The van der Waals surface area contributed by atoms with Crippen molar-refractivity contribution in [3.8, 4) is 0 Å². The van der Waals surface area contributed by atoms with E-state index in [0.717, 1.165) is 0 Å². The SMILES string of the molecule is PP(P)P(P)P(P(PP(P(P(P)P)P(P)P)P(P(P)P)P(P)P)P(P(P)P)P(P)P)P(P(P)P)P(P)P. The summed E-state index contributed by atoms with van der Waals surface area (Å²) >= 11 is 0. The maximum absolute atomic E-state index is 3.51. The third-order valence-corrected chi connectivity index (χ3v) is 250. The fraction of sp³-hybridized carbons (Fsp3) is 0. The maximum atomic E-state index is 3.51. The smallest absolute Gasteiger partial charge is 0.00213 e. The van der Waals surface area contributed by atoms with Crippen molar-refractivity contribution in [1.82, 2.24) is 0 Å². The van der Waals surface area contributed by atoms with E-state index in [1.165, 1.54) is 7.96 Å². The second-order valence-electron chi connectivity index (χ2n) is 5.76. The topological polar surface area (TPSA) is 0 Å². The largest absolute Gasteiger partial charge is 0.102 e. The molecule has 224 valence electrons. The summed E-state index contributed by atoms with van der Waals surface area (Å²) in [6.07, 6.45) is 0. The zero-order chi connectivity index (χ0) is 29.5. The Balaban J connectivity index is 7.40. The lowest BCUT2D eigenvalue weighted by molar-refractivity contribution is 4.44. The lowest BCUT2D eigenvalue weighted by atomic mass is 28.5. The minimum Gasteiger partial charge on any atom is -0.102 e. The van der Waals surface area contributed by atoms with E-state index in [1.54, 1.807) is 0 Å². The van der Waals surface area contributed by atoms with Gasteiger partial charge in [0.25, 0.3) is 0 Å². The van der Waals surface area contributed by atoms with E-state index < -0.39 is 0 Å². The molecule has 37 heavy (non-hydrogen) atoms. The van der Waals surface area contributed by atoms with Crippen LogP contribution in [0.4, 0.5) is 0 Å². The molecule has 0 aromatic rings. The normalized spacial score (nSPS) is 16.8. The Morgan fingerprint density at radius 3 is 0.649 bits per heavy atom. The lowest BCUT2D eigenvalue weighted by Gasteiger charge is -2.50. The molecule has 0 N–H and O–H groups in total. The first kappa shape index (κ1) is 52.9. The standard InChI is InChI=1S/H39P37/c1-21(2)30(19)37(36(28(15)16)29(17)18)32(35(26(11)12)27(13)14)20-31(33(22(3)4)23(5)6)34(24(7)8)25(9)10/h20H,1-19H2. The van der Waals surface area contributed by atoms with Crippen LogP contribution < -0.4 is 0 Å². The van der Waals surface area contributed by atoms with Crippen LogP contribution in [0.15, 0.2) is 0 Å². The molecule has 0 aliphatic carbocycles. The van der Waals surface area contributed by atoms with E-state index in [4.69, 9.17) is 0 Å². The van der Waals surface area contributed by atoms with Crippen molar-refractivity contribution in [3.05, 3.63) is 0 Å². The van der Waals surface area contributed by atoms with E-state index in [-0.39, 0.29) is 119 Å². The summed E-state index contributed by atoms with van der Waals surface area (Å²) < 4.78 is 0. The zero-order valence-corrected chi connectivity index (χ0v) is 57.2. The molecule has 0 radical (unpaired) electrons. The summed E-state index contributed by atoms with van der Waals surface area (Å²) in [5.74, 6) is 0. The van der Waals surface area contributed by atoms with Gasteiger partial charge in [-0.1, -0.05) is 0 Å². The van der Waals surface area contributed by atoms with Crippen molar-refractivity contribution in [2.75, 3.05) is 0 Å². The Morgan fingerprint density at radius 1 is 0.243 bits per heavy atom. The highest BCUT2D eigenvalue weighted by Crippen LogP contribution is 3.36. The van der Waals surface area contributed by atoms with E-state index in [0.29, 0.717) is 0 Å². The molecular weight excluding hydrogens is 1150 g/mol. The van der Waals surface area contributed by atoms with Crippen molar-refractivity contribution >= 4 is 296 Å². The molecule has 0 aromatic heterocycles. The highest BCUT2D eigenvalue weighted by Gasteiger charge is 2.48. The fourth-order valence-corrected chi connectivity index (χ4v) is 478. The van der Waals surface area contributed by atoms with Crippen LogP contribution in [0, 0.1) is 0 Å². The first-order chi connectivity index (χ1) is 16.8. The Kier molecular flexibility index (Phi) is 41.7. The second-order valence-corrected chi connectivity index (χ2v) is 156. The van der Waals surface area contributed by atoms with Crippen LogP contribution in [0.25, 0.3) is 0 Å².